The minimum atomic E-state index is -0.641. The van der Waals surface area contributed by atoms with Crippen molar-refractivity contribution >= 4 is 18.1 Å². The lowest BCUT2D eigenvalue weighted by Crippen LogP contribution is -2.17. The van der Waals surface area contributed by atoms with Crippen LogP contribution >= 0.6 is 0 Å². The number of nitrogens with zero attached hydrogens (tertiary/aromatic N) is 1. The van der Waals surface area contributed by atoms with Crippen LogP contribution in [0.5, 0.6) is 11.5 Å². The number of esters is 1. The molecule has 8 heteroatoms. The first kappa shape index (κ1) is 18.8. The lowest BCUT2D eigenvalue weighted by atomic mass is 10.2. The number of hydrogen-bond acceptors (Lipinski definition) is 5. The molecule has 28 heavy (non-hydrogen) atoms. The highest BCUT2D eigenvalue weighted by atomic mass is 19.1. The minimum Gasteiger partial charge on any atom is -0.493 e. The van der Waals surface area contributed by atoms with Gasteiger partial charge in [0.15, 0.2) is 11.5 Å². The molecule has 1 amide bonds. The van der Waals surface area contributed by atoms with Crippen LogP contribution < -0.4 is 14.9 Å². The Labute approximate surface area is 159 Å². The van der Waals surface area contributed by atoms with E-state index in [0.717, 1.165) is 0 Å². The number of methoxy groups -OCH3 is 1. The number of benzene rings is 2. The van der Waals surface area contributed by atoms with Crippen molar-refractivity contribution in [2.45, 2.75) is 0 Å². The first-order chi connectivity index (χ1) is 13.6. The number of nitrogens with one attached hydrogen (secondary N) is 2. The van der Waals surface area contributed by atoms with E-state index in [1.54, 1.807) is 30.5 Å². The van der Waals surface area contributed by atoms with Crippen molar-refractivity contribution in [3.8, 4) is 11.5 Å². The third kappa shape index (κ3) is 4.61. The largest absolute Gasteiger partial charge is 0.493 e. The molecular weight excluding hydrogens is 365 g/mol. The summed E-state index contributed by atoms with van der Waals surface area (Å²) in [5.74, 6) is -0.961. The molecule has 3 aromatic rings. The number of H-pyrrole nitrogens is 1. The fourth-order valence-electron chi connectivity index (χ4n) is 2.29. The fraction of sp³-hybridized carbons (Fsp3) is 0.0500. The van der Waals surface area contributed by atoms with Crippen LogP contribution in [0.1, 0.15) is 26.4 Å². The van der Waals surface area contributed by atoms with Crippen molar-refractivity contribution in [2.24, 2.45) is 5.10 Å². The number of carbonyl (C=O) groups excluding carboxylic acids is 2. The van der Waals surface area contributed by atoms with Crippen LogP contribution in [-0.2, 0) is 0 Å². The highest BCUT2D eigenvalue weighted by Gasteiger charge is 2.13. The summed E-state index contributed by atoms with van der Waals surface area (Å²) in [4.78, 5) is 26.7. The average molecular weight is 381 g/mol. The van der Waals surface area contributed by atoms with Gasteiger partial charge in [0.25, 0.3) is 5.91 Å². The van der Waals surface area contributed by atoms with Crippen molar-refractivity contribution in [1.29, 1.82) is 0 Å². The zero-order valence-corrected chi connectivity index (χ0v) is 14.8. The van der Waals surface area contributed by atoms with E-state index in [2.05, 4.69) is 15.5 Å². The Morgan fingerprint density at radius 1 is 1.11 bits per heavy atom. The number of hydrazone groups is 1. The van der Waals surface area contributed by atoms with Gasteiger partial charge in [-0.15, -0.1) is 0 Å². The van der Waals surface area contributed by atoms with Gasteiger partial charge in [-0.2, -0.15) is 5.10 Å². The fourth-order valence-corrected chi connectivity index (χ4v) is 2.29. The number of aromatic amines is 1. The third-order valence-corrected chi connectivity index (χ3v) is 3.69. The molecule has 0 aliphatic carbocycles. The number of halogens is 1. The van der Waals surface area contributed by atoms with Gasteiger partial charge in [-0.1, -0.05) is 0 Å². The number of carbonyl (C=O) groups is 2. The molecule has 0 spiro atoms. The van der Waals surface area contributed by atoms with E-state index in [9.17, 15) is 14.0 Å². The maximum Gasteiger partial charge on any atom is 0.343 e. The second-order valence-electron chi connectivity index (χ2n) is 5.59. The molecule has 1 aromatic heterocycles. The standard InChI is InChI=1S/C20H16FN3O4/c1-27-18-11-13(12-23-24-19(25)16-3-2-10-22-16)4-9-17(18)28-20(26)14-5-7-15(21)8-6-14/h2-12,22H,1H3,(H,24,25)/b23-12-. The molecule has 0 unspecified atom stereocenters. The number of aromatic nitrogens is 1. The normalized spacial score (nSPS) is 10.6. The first-order valence-electron chi connectivity index (χ1n) is 8.19. The Morgan fingerprint density at radius 2 is 1.89 bits per heavy atom. The number of rotatable bonds is 6. The van der Waals surface area contributed by atoms with Crippen LogP contribution in [0.2, 0.25) is 0 Å². The zero-order chi connectivity index (χ0) is 19.9. The lowest BCUT2D eigenvalue weighted by Gasteiger charge is -2.10. The third-order valence-electron chi connectivity index (χ3n) is 3.69. The highest BCUT2D eigenvalue weighted by Crippen LogP contribution is 2.28. The Morgan fingerprint density at radius 3 is 2.57 bits per heavy atom. The molecule has 0 aliphatic heterocycles. The Bertz CT molecular complexity index is 999. The molecule has 2 N–H and O–H groups in total. The zero-order valence-electron chi connectivity index (χ0n) is 14.8. The number of amides is 1. The van der Waals surface area contributed by atoms with Gasteiger partial charge < -0.3 is 14.5 Å². The van der Waals surface area contributed by atoms with Gasteiger partial charge in [-0.25, -0.2) is 14.6 Å². The molecular formula is C20H16FN3O4. The topological polar surface area (TPSA) is 92.8 Å². The molecule has 0 radical (unpaired) electrons. The van der Waals surface area contributed by atoms with E-state index in [0.29, 0.717) is 17.0 Å². The van der Waals surface area contributed by atoms with Gasteiger partial charge in [0.05, 0.1) is 18.9 Å². The first-order valence-corrected chi connectivity index (χ1v) is 8.19. The van der Waals surface area contributed by atoms with Crippen molar-refractivity contribution in [1.82, 2.24) is 10.4 Å². The SMILES string of the molecule is COc1cc(/C=N\NC(=O)c2ccc[nH]2)ccc1OC(=O)c1ccc(F)cc1. The molecule has 0 atom stereocenters. The molecule has 0 saturated heterocycles. The second kappa shape index (κ2) is 8.63. The van der Waals surface area contributed by atoms with Crippen LogP contribution in [0.15, 0.2) is 65.9 Å². The van der Waals surface area contributed by atoms with E-state index in [4.69, 9.17) is 9.47 Å². The Hall–Kier alpha value is -3.94. The second-order valence-corrected chi connectivity index (χ2v) is 5.59. The van der Waals surface area contributed by atoms with Crippen LogP contribution in [0, 0.1) is 5.82 Å². The summed E-state index contributed by atoms with van der Waals surface area (Å²) >= 11 is 0. The van der Waals surface area contributed by atoms with Crippen LogP contribution in [0.4, 0.5) is 4.39 Å². The lowest BCUT2D eigenvalue weighted by molar-refractivity contribution is 0.0729. The molecule has 142 valence electrons. The Balaban J connectivity index is 1.67. The van der Waals surface area contributed by atoms with E-state index in [1.807, 2.05) is 0 Å². The summed E-state index contributed by atoms with van der Waals surface area (Å²) in [6.07, 6.45) is 3.06. The summed E-state index contributed by atoms with van der Waals surface area (Å²) < 4.78 is 23.5. The summed E-state index contributed by atoms with van der Waals surface area (Å²) in [6.45, 7) is 0. The number of ether oxygens (including phenoxy) is 2. The molecule has 0 fully saturated rings. The monoisotopic (exact) mass is 381 g/mol. The van der Waals surface area contributed by atoms with E-state index in [1.165, 1.54) is 43.7 Å². The van der Waals surface area contributed by atoms with Gasteiger partial charge in [-0.05, 0) is 60.2 Å². The highest BCUT2D eigenvalue weighted by molar-refractivity contribution is 5.93. The quantitative estimate of drug-likeness (QED) is 0.297. The molecule has 0 saturated carbocycles. The predicted molar refractivity (Wildman–Crippen MR) is 100 cm³/mol. The Kier molecular flexibility index (Phi) is 5.81. The molecule has 1 heterocycles. The van der Waals surface area contributed by atoms with Crippen LogP contribution in [-0.4, -0.2) is 30.2 Å². The molecule has 0 bridgehead atoms. The van der Waals surface area contributed by atoms with Gasteiger partial charge in [-0.3, -0.25) is 4.79 Å². The van der Waals surface area contributed by atoms with E-state index in [-0.39, 0.29) is 17.2 Å². The van der Waals surface area contributed by atoms with Crippen molar-refractivity contribution < 1.29 is 23.5 Å². The van der Waals surface area contributed by atoms with Gasteiger partial charge in [0.2, 0.25) is 0 Å². The summed E-state index contributed by atoms with van der Waals surface area (Å²) in [5.41, 5.74) is 3.60. The van der Waals surface area contributed by atoms with E-state index < -0.39 is 11.8 Å². The van der Waals surface area contributed by atoms with Gasteiger partial charge in [0.1, 0.15) is 11.5 Å². The minimum absolute atomic E-state index is 0.199. The molecule has 3 rings (SSSR count). The maximum atomic E-state index is 13.0. The van der Waals surface area contributed by atoms with Gasteiger partial charge >= 0.3 is 5.97 Å². The van der Waals surface area contributed by atoms with Crippen molar-refractivity contribution in [2.75, 3.05) is 7.11 Å². The molecule has 0 aliphatic rings. The summed E-state index contributed by atoms with van der Waals surface area (Å²) in [5, 5.41) is 3.88. The smallest absolute Gasteiger partial charge is 0.343 e. The van der Waals surface area contributed by atoms with E-state index >= 15 is 0 Å². The molecule has 2 aromatic carbocycles. The molecule has 7 nitrogen and oxygen atoms in total. The number of hydrogen-bond donors (Lipinski definition) is 2. The average Bonchev–Trinajstić information content (AvgIpc) is 3.24. The predicted octanol–water partition coefficient (Wildman–Crippen LogP) is 3.15. The van der Waals surface area contributed by atoms with Gasteiger partial charge in [0, 0.05) is 6.20 Å². The summed E-state index contributed by atoms with van der Waals surface area (Å²) in [6, 6.07) is 13.1. The van der Waals surface area contributed by atoms with Crippen LogP contribution in [0.3, 0.4) is 0 Å². The van der Waals surface area contributed by atoms with Crippen molar-refractivity contribution in [3.63, 3.8) is 0 Å². The van der Waals surface area contributed by atoms with Crippen LogP contribution in [0.25, 0.3) is 0 Å². The van der Waals surface area contributed by atoms with Crippen molar-refractivity contribution in [3.05, 3.63) is 83.4 Å². The summed E-state index contributed by atoms with van der Waals surface area (Å²) in [7, 11) is 1.43. The maximum absolute atomic E-state index is 13.0.